The minimum absolute atomic E-state index is 0.140. The van der Waals surface area contributed by atoms with Gasteiger partial charge in [-0.15, -0.1) is 0 Å². The maximum Gasteiger partial charge on any atom is 0.202 e. The number of carbonyl (C=O) groups excluding carboxylic acids is 1. The number of hydrogen-bond donors (Lipinski definition) is 1. The van der Waals surface area contributed by atoms with Crippen LogP contribution in [0.2, 0.25) is 0 Å². The van der Waals surface area contributed by atoms with E-state index in [1.807, 2.05) is 6.92 Å². The number of nitrogens with one attached hydrogen (secondary N) is 1. The van der Waals surface area contributed by atoms with Gasteiger partial charge in [0.25, 0.3) is 0 Å². The molecule has 0 unspecified atom stereocenters. The van der Waals surface area contributed by atoms with Crippen molar-refractivity contribution < 1.29 is 9.18 Å². The zero-order chi connectivity index (χ0) is 11.5. The summed E-state index contributed by atoms with van der Waals surface area (Å²) in [6, 6.07) is 4.44. The van der Waals surface area contributed by atoms with Gasteiger partial charge in [-0.3, -0.25) is 4.79 Å². The Morgan fingerprint density at radius 1 is 1.50 bits per heavy atom. The van der Waals surface area contributed by atoms with Crippen LogP contribution in [0.1, 0.15) is 21.7 Å². The Bertz CT molecular complexity index is 506. The third kappa shape index (κ3) is 2.16. The number of Topliss-reactive ketones (excluding diaryl/α,β-unsaturated/α-hetero) is 1. The Balaban J connectivity index is 2.21. The van der Waals surface area contributed by atoms with Gasteiger partial charge < -0.3 is 4.98 Å². The van der Waals surface area contributed by atoms with Gasteiger partial charge in [0.1, 0.15) is 5.82 Å². The van der Waals surface area contributed by atoms with Crippen LogP contribution >= 0.6 is 0 Å². The highest BCUT2D eigenvalue weighted by Crippen LogP contribution is 2.12. The molecule has 1 aromatic carbocycles. The zero-order valence-electron chi connectivity index (χ0n) is 8.83. The average molecular weight is 218 g/mol. The highest BCUT2D eigenvalue weighted by atomic mass is 19.1. The Labute approximate surface area is 92.3 Å². The van der Waals surface area contributed by atoms with E-state index in [1.165, 1.54) is 18.3 Å². The van der Waals surface area contributed by atoms with Gasteiger partial charge in [-0.25, -0.2) is 9.37 Å². The molecule has 4 heteroatoms. The Morgan fingerprint density at radius 2 is 2.31 bits per heavy atom. The van der Waals surface area contributed by atoms with Crippen molar-refractivity contribution in [3.63, 3.8) is 0 Å². The van der Waals surface area contributed by atoms with E-state index < -0.39 is 0 Å². The molecule has 1 aromatic heterocycles. The van der Waals surface area contributed by atoms with Crippen LogP contribution in [0.15, 0.2) is 30.6 Å². The molecule has 82 valence electrons. The highest BCUT2D eigenvalue weighted by Gasteiger charge is 2.11. The standard InChI is InChI=1S/C12H11FN2O/c1-8-2-3-10(13)6-9(8)7-11(16)12-14-4-5-15-12/h2-6H,7H2,1H3,(H,14,15). The summed E-state index contributed by atoms with van der Waals surface area (Å²) in [5, 5.41) is 0. The number of imidazole rings is 1. The number of H-pyrrole nitrogens is 1. The first kappa shape index (κ1) is 10.5. The van der Waals surface area contributed by atoms with Crippen molar-refractivity contribution in [3.05, 3.63) is 53.4 Å². The fourth-order valence-electron chi connectivity index (χ4n) is 1.50. The molecule has 2 rings (SSSR count). The number of carbonyl (C=O) groups is 1. The van der Waals surface area contributed by atoms with Gasteiger partial charge >= 0.3 is 0 Å². The molecule has 0 aliphatic rings. The monoisotopic (exact) mass is 218 g/mol. The lowest BCUT2D eigenvalue weighted by Crippen LogP contribution is -2.07. The van der Waals surface area contributed by atoms with Gasteiger partial charge in [-0.1, -0.05) is 6.07 Å². The number of aromatic nitrogens is 2. The van der Waals surface area contributed by atoms with Gasteiger partial charge in [0.2, 0.25) is 5.78 Å². The van der Waals surface area contributed by atoms with E-state index in [0.717, 1.165) is 5.56 Å². The summed E-state index contributed by atoms with van der Waals surface area (Å²) in [5.74, 6) is -0.157. The lowest BCUT2D eigenvalue weighted by molar-refractivity contribution is 0.0984. The smallest absolute Gasteiger partial charge is 0.202 e. The van der Waals surface area contributed by atoms with Crippen LogP contribution in [0.5, 0.6) is 0 Å². The van der Waals surface area contributed by atoms with E-state index in [4.69, 9.17) is 0 Å². The number of aromatic amines is 1. The summed E-state index contributed by atoms with van der Waals surface area (Å²) in [4.78, 5) is 18.3. The number of aryl methyl sites for hydroxylation is 1. The molecule has 0 atom stereocenters. The van der Waals surface area contributed by atoms with Crippen LogP contribution in [0.3, 0.4) is 0 Å². The molecule has 0 fully saturated rings. The highest BCUT2D eigenvalue weighted by molar-refractivity contribution is 5.94. The maximum absolute atomic E-state index is 13.0. The van der Waals surface area contributed by atoms with Crippen LogP contribution in [0.25, 0.3) is 0 Å². The van der Waals surface area contributed by atoms with Crippen LogP contribution in [0.4, 0.5) is 4.39 Å². The Morgan fingerprint density at radius 3 is 3.00 bits per heavy atom. The molecule has 2 aromatic rings. The lowest BCUT2D eigenvalue weighted by Gasteiger charge is -2.03. The fourth-order valence-corrected chi connectivity index (χ4v) is 1.50. The van der Waals surface area contributed by atoms with Crippen molar-refractivity contribution in [1.82, 2.24) is 9.97 Å². The topological polar surface area (TPSA) is 45.8 Å². The van der Waals surface area contributed by atoms with Crippen LogP contribution in [-0.4, -0.2) is 15.8 Å². The van der Waals surface area contributed by atoms with E-state index in [0.29, 0.717) is 11.4 Å². The average Bonchev–Trinajstić information content (AvgIpc) is 2.76. The first-order valence-corrected chi connectivity index (χ1v) is 4.94. The normalized spacial score (nSPS) is 10.4. The number of ketones is 1. The molecule has 3 nitrogen and oxygen atoms in total. The van der Waals surface area contributed by atoms with Crippen molar-refractivity contribution in [2.24, 2.45) is 0 Å². The molecular weight excluding hydrogens is 207 g/mol. The number of rotatable bonds is 3. The van der Waals surface area contributed by atoms with Gasteiger partial charge in [-0.2, -0.15) is 0 Å². The SMILES string of the molecule is Cc1ccc(F)cc1CC(=O)c1ncc[nH]1. The molecule has 0 bridgehead atoms. The Kier molecular flexibility index (Phi) is 2.81. The molecule has 1 heterocycles. The second-order valence-electron chi connectivity index (χ2n) is 3.61. The quantitative estimate of drug-likeness (QED) is 0.803. The van der Waals surface area contributed by atoms with Crippen molar-refractivity contribution in [2.45, 2.75) is 13.3 Å². The molecule has 0 saturated heterocycles. The predicted octanol–water partition coefficient (Wildman–Crippen LogP) is 2.28. The van der Waals surface area contributed by atoms with Crippen LogP contribution < -0.4 is 0 Å². The van der Waals surface area contributed by atoms with Crippen molar-refractivity contribution in [1.29, 1.82) is 0 Å². The zero-order valence-corrected chi connectivity index (χ0v) is 8.83. The summed E-state index contributed by atoms with van der Waals surface area (Å²) in [5.41, 5.74) is 1.60. The number of nitrogens with zero attached hydrogens (tertiary/aromatic N) is 1. The second-order valence-corrected chi connectivity index (χ2v) is 3.61. The second kappa shape index (κ2) is 4.26. The van der Waals surface area contributed by atoms with Crippen molar-refractivity contribution in [2.75, 3.05) is 0 Å². The largest absolute Gasteiger partial charge is 0.342 e. The van der Waals surface area contributed by atoms with Crippen LogP contribution in [0, 0.1) is 12.7 Å². The molecule has 0 spiro atoms. The maximum atomic E-state index is 13.0. The predicted molar refractivity (Wildman–Crippen MR) is 57.8 cm³/mol. The number of halogens is 1. The summed E-state index contributed by atoms with van der Waals surface area (Å²) >= 11 is 0. The summed E-state index contributed by atoms with van der Waals surface area (Å²) in [6.07, 6.45) is 3.27. The fraction of sp³-hybridized carbons (Fsp3) is 0.167. The third-order valence-electron chi connectivity index (χ3n) is 2.42. The first-order chi connectivity index (χ1) is 7.66. The van der Waals surface area contributed by atoms with Gasteiger partial charge in [0.05, 0.1) is 0 Å². The number of benzene rings is 1. The molecule has 1 N–H and O–H groups in total. The molecule has 0 saturated carbocycles. The van der Waals surface area contributed by atoms with Gasteiger partial charge in [0.15, 0.2) is 5.82 Å². The molecule has 0 amide bonds. The van der Waals surface area contributed by atoms with Crippen molar-refractivity contribution in [3.8, 4) is 0 Å². The first-order valence-electron chi connectivity index (χ1n) is 4.94. The molecule has 0 radical (unpaired) electrons. The van der Waals surface area contributed by atoms with E-state index in [-0.39, 0.29) is 18.0 Å². The van der Waals surface area contributed by atoms with E-state index in [2.05, 4.69) is 9.97 Å². The number of hydrogen-bond acceptors (Lipinski definition) is 2. The summed E-state index contributed by atoms with van der Waals surface area (Å²) in [6.45, 7) is 1.85. The van der Waals surface area contributed by atoms with E-state index in [9.17, 15) is 9.18 Å². The minimum atomic E-state index is -0.326. The minimum Gasteiger partial charge on any atom is -0.342 e. The third-order valence-corrected chi connectivity index (χ3v) is 2.42. The molecule has 0 aliphatic heterocycles. The van der Waals surface area contributed by atoms with Gasteiger partial charge in [0, 0.05) is 18.8 Å². The Hall–Kier alpha value is -1.97. The summed E-state index contributed by atoms with van der Waals surface area (Å²) < 4.78 is 13.0. The van der Waals surface area contributed by atoms with Crippen LogP contribution in [-0.2, 0) is 6.42 Å². The lowest BCUT2D eigenvalue weighted by atomic mass is 10.0. The molecule has 0 aliphatic carbocycles. The summed E-state index contributed by atoms with van der Waals surface area (Å²) in [7, 11) is 0. The van der Waals surface area contributed by atoms with E-state index in [1.54, 1.807) is 12.3 Å². The molecular formula is C12H11FN2O. The molecule has 16 heavy (non-hydrogen) atoms. The van der Waals surface area contributed by atoms with Crippen molar-refractivity contribution >= 4 is 5.78 Å². The van der Waals surface area contributed by atoms with Gasteiger partial charge in [-0.05, 0) is 30.2 Å². The van der Waals surface area contributed by atoms with E-state index >= 15 is 0 Å².